The molecule has 0 unspecified atom stereocenters. The number of allylic oxidation sites excluding steroid dienone is 4. The molecule has 0 saturated heterocycles. The first-order valence-corrected chi connectivity index (χ1v) is 8.93. The van der Waals surface area contributed by atoms with Crippen molar-refractivity contribution < 1.29 is 27.0 Å². The first-order valence-electron chi connectivity index (χ1n) is 8.93. The second-order valence-electron chi connectivity index (χ2n) is 8.54. The molecule has 0 aromatic heterocycles. The number of aliphatic carboxylic acids is 1. The van der Waals surface area contributed by atoms with E-state index in [0.717, 1.165) is 19.3 Å². The fraction of sp³-hybridized carbons (Fsp3) is 0.750. The maximum Gasteiger partial charge on any atom is 0.309 e. The van der Waals surface area contributed by atoms with Crippen molar-refractivity contribution in [2.75, 3.05) is 0 Å². The fourth-order valence-corrected chi connectivity index (χ4v) is 5.60. The Balaban J connectivity index is 0.00000192. The SMILES string of the molecule is CC(C)C1=CC2=CC[C@@H]3[C@](C)(CCC[C@@]3(C)C(=O)O)[C@H]2CC1.[Fe]. The predicted octanol–water partition coefficient (Wildman–Crippen LogP) is 5.20. The maximum atomic E-state index is 11.9. The molecule has 3 heteroatoms. The molecule has 130 valence electrons. The third-order valence-electron chi connectivity index (χ3n) is 7.07. The Kier molecular flexibility index (Phi) is 5.24. The number of hydrogen-bond acceptors (Lipinski definition) is 1. The quantitative estimate of drug-likeness (QED) is 0.689. The molecular weight excluding hydrogens is 328 g/mol. The third-order valence-corrected chi connectivity index (χ3v) is 7.07. The molecule has 4 atom stereocenters. The minimum Gasteiger partial charge on any atom is -0.481 e. The van der Waals surface area contributed by atoms with Crippen LogP contribution < -0.4 is 0 Å². The molecule has 0 radical (unpaired) electrons. The first-order chi connectivity index (χ1) is 10.3. The van der Waals surface area contributed by atoms with Crippen LogP contribution in [0, 0.1) is 28.6 Å². The standard InChI is InChI=1S/C20H30O2.Fe/c1-13(2)14-6-8-16-15(12-14)7-9-17-19(16,3)10-5-11-20(17,4)18(21)22;/h7,12-13,16-17H,5-6,8-11H2,1-4H3,(H,21,22);/t16-,17+,19+,20+;/m0./s1. The molecule has 0 aromatic carbocycles. The van der Waals surface area contributed by atoms with Crippen LogP contribution in [0.1, 0.15) is 66.2 Å². The predicted molar refractivity (Wildman–Crippen MR) is 89.5 cm³/mol. The monoisotopic (exact) mass is 358 g/mol. The van der Waals surface area contributed by atoms with Crippen molar-refractivity contribution in [3.05, 3.63) is 23.3 Å². The van der Waals surface area contributed by atoms with Crippen molar-refractivity contribution in [3.8, 4) is 0 Å². The van der Waals surface area contributed by atoms with E-state index >= 15 is 0 Å². The molecule has 2 nitrogen and oxygen atoms in total. The van der Waals surface area contributed by atoms with E-state index in [1.165, 1.54) is 24.8 Å². The van der Waals surface area contributed by atoms with Gasteiger partial charge >= 0.3 is 5.97 Å². The molecule has 3 aliphatic carbocycles. The van der Waals surface area contributed by atoms with Crippen LogP contribution in [0.25, 0.3) is 0 Å². The summed E-state index contributed by atoms with van der Waals surface area (Å²) >= 11 is 0. The molecule has 0 aromatic rings. The van der Waals surface area contributed by atoms with E-state index in [4.69, 9.17) is 0 Å². The summed E-state index contributed by atoms with van der Waals surface area (Å²) < 4.78 is 0. The smallest absolute Gasteiger partial charge is 0.309 e. The van der Waals surface area contributed by atoms with Gasteiger partial charge in [-0.25, -0.2) is 0 Å². The van der Waals surface area contributed by atoms with Gasteiger partial charge in [-0.2, -0.15) is 0 Å². The number of carbonyl (C=O) groups is 1. The molecular formula is C20H30FeO2. The average Bonchev–Trinajstić information content (AvgIpc) is 2.46. The van der Waals surface area contributed by atoms with Gasteiger partial charge in [0, 0.05) is 17.1 Å². The van der Waals surface area contributed by atoms with Gasteiger partial charge in [-0.15, -0.1) is 0 Å². The summed E-state index contributed by atoms with van der Waals surface area (Å²) in [5, 5.41) is 9.83. The van der Waals surface area contributed by atoms with Gasteiger partial charge in [-0.05, 0) is 67.8 Å². The van der Waals surface area contributed by atoms with Gasteiger partial charge in [-0.3, -0.25) is 4.79 Å². The topological polar surface area (TPSA) is 37.3 Å². The van der Waals surface area contributed by atoms with Crippen LogP contribution in [0.3, 0.4) is 0 Å². The third kappa shape index (κ3) is 2.85. The minimum atomic E-state index is -0.588. The number of fused-ring (bicyclic) bond motifs is 3. The van der Waals surface area contributed by atoms with Crippen LogP contribution in [0.15, 0.2) is 23.3 Å². The van der Waals surface area contributed by atoms with Crippen molar-refractivity contribution in [1.82, 2.24) is 0 Å². The molecule has 1 fully saturated rings. The van der Waals surface area contributed by atoms with E-state index in [2.05, 4.69) is 32.9 Å². The molecule has 1 N–H and O–H groups in total. The van der Waals surface area contributed by atoms with Crippen LogP contribution in [-0.2, 0) is 21.9 Å². The second-order valence-corrected chi connectivity index (χ2v) is 8.54. The van der Waals surface area contributed by atoms with Crippen molar-refractivity contribution in [2.45, 2.75) is 66.2 Å². The molecule has 3 aliphatic rings. The van der Waals surface area contributed by atoms with Gasteiger partial charge in [0.15, 0.2) is 0 Å². The summed E-state index contributed by atoms with van der Waals surface area (Å²) in [5.74, 6) is 0.888. The second kappa shape index (κ2) is 6.41. The van der Waals surface area contributed by atoms with Crippen LogP contribution in [0.2, 0.25) is 0 Å². The molecule has 0 aliphatic heterocycles. The summed E-state index contributed by atoms with van der Waals surface area (Å²) in [6, 6.07) is 0. The van der Waals surface area contributed by atoms with Gasteiger partial charge in [0.1, 0.15) is 0 Å². The fourth-order valence-electron chi connectivity index (χ4n) is 5.60. The molecule has 23 heavy (non-hydrogen) atoms. The Morgan fingerprint density at radius 1 is 1.30 bits per heavy atom. The number of hydrogen-bond donors (Lipinski definition) is 1. The largest absolute Gasteiger partial charge is 0.481 e. The Morgan fingerprint density at radius 2 is 2.00 bits per heavy atom. The van der Waals surface area contributed by atoms with E-state index in [1.54, 1.807) is 5.57 Å². The van der Waals surface area contributed by atoms with Gasteiger partial charge in [-0.1, -0.05) is 44.9 Å². The van der Waals surface area contributed by atoms with Crippen LogP contribution >= 0.6 is 0 Å². The van der Waals surface area contributed by atoms with E-state index in [0.29, 0.717) is 11.8 Å². The average molecular weight is 358 g/mol. The zero-order chi connectivity index (χ0) is 16.1. The maximum absolute atomic E-state index is 11.9. The van der Waals surface area contributed by atoms with Crippen LogP contribution in [0.5, 0.6) is 0 Å². The summed E-state index contributed by atoms with van der Waals surface area (Å²) in [4.78, 5) is 11.9. The summed E-state index contributed by atoms with van der Waals surface area (Å²) in [5.41, 5.74) is 2.69. The van der Waals surface area contributed by atoms with E-state index in [-0.39, 0.29) is 28.4 Å². The van der Waals surface area contributed by atoms with Crippen molar-refractivity contribution in [3.63, 3.8) is 0 Å². The summed E-state index contributed by atoms with van der Waals surface area (Å²) in [7, 11) is 0. The molecule has 0 amide bonds. The first kappa shape index (κ1) is 18.8. The number of rotatable bonds is 2. The van der Waals surface area contributed by atoms with Gasteiger partial charge in [0.2, 0.25) is 0 Å². The van der Waals surface area contributed by atoms with E-state index in [1.807, 2.05) is 6.92 Å². The summed E-state index contributed by atoms with van der Waals surface area (Å²) in [6.45, 7) is 8.93. The van der Waals surface area contributed by atoms with Gasteiger partial charge in [0.05, 0.1) is 5.41 Å². The normalized spacial score (nSPS) is 39.5. The molecule has 0 heterocycles. The minimum absolute atomic E-state index is 0. The zero-order valence-electron chi connectivity index (χ0n) is 14.8. The van der Waals surface area contributed by atoms with Gasteiger partial charge < -0.3 is 5.11 Å². The Hall–Kier alpha value is -0.531. The van der Waals surface area contributed by atoms with Crippen molar-refractivity contribution in [1.29, 1.82) is 0 Å². The number of carboxylic acid groups (broad SMARTS) is 1. The van der Waals surface area contributed by atoms with Crippen molar-refractivity contribution >= 4 is 5.97 Å². The summed E-state index contributed by atoms with van der Waals surface area (Å²) in [6.07, 6.45) is 11.2. The molecule has 1 saturated carbocycles. The Morgan fingerprint density at radius 3 is 2.61 bits per heavy atom. The van der Waals surface area contributed by atoms with Crippen LogP contribution in [0.4, 0.5) is 0 Å². The molecule has 0 bridgehead atoms. The van der Waals surface area contributed by atoms with E-state index in [9.17, 15) is 9.90 Å². The zero-order valence-corrected chi connectivity index (χ0v) is 15.9. The molecule has 0 spiro atoms. The van der Waals surface area contributed by atoms with Crippen LogP contribution in [-0.4, -0.2) is 11.1 Å². The number of carboxylic acids is 1. The Bertz CT molecular complexity index is 548. The van der Waals surface area contributed by atoms with E-state index < -0.39 is 11.4 Å². The molecule has 3 rings (SSSR count). The van der Waals surface area contributed by atoms with Crippen molar-refractivity contribution in [2.24, 2.45) is 28.6 Å². The van der Waals surface area contributed by atoms with Gasteiger partial charge in [0.25, 0.3) is 0 Å². The Labute approximate surface area is 151 Å².